The summed E-state index contributed by atoms with van der Waals surface area (Å²) in [5, 5.41) is 15.4. The van der Waals surface area contributed by atoms with Crippen LogP contribution >= 0.6 is 0 Å². The molecule has 4 rings (SSSR count). The summed E-state index contributed by atoms with van der Waals surface area (Å²) in [5.74, 6) is 1.15. The fraction of sp³-hybridized carbons (Fsp3) is 0.400. The van der Waals surface area contributed by atoms with E-state index in [0.29, 0.717) is 29.9 Å². The van der Waals surface area contributed by atoms with Gasteiger partial charge in [-0.15, -0.1) is 4.99 Å². The molecule has 2 aliphatic rings. The van der Waals surface area contributed by atoms with Crippen LogP contribution in [0.15, 0.2) is 59.6 Å². The van der Waals surface area contributed by atoms with Crippen LogP contribution in [-0.4, -0.2) is 49.6 Å². The Balaban J connectivity index is 1.50. The number of hydrogen-bond acceptors (Lipinski definition) is 4. The Hall–Kier alpha value is -3.53. The van der Waals surface area contributed by atoms with Crippen LogP contribution in [0.25, 0.3) is 0 Å². The van der Waals surface area contributed by atoms with Crippen LogP contribution in [0.5, 0.6) is 5.75 Å². The van der Waals surface area contributed by atoms with E-state index in [2.05, 4.69) is 44.8 Å². The van der Waals surface area contributed by atoms with Gasteiger partial charge in [-0.05, 0) is 43.4 Å². The number of carbonyl (C=O) groups excluding carboxylic acids is 1. The number of hydrogen-bond donors (Lipinski definition) is 2. The summed E-state index contributed by atoms with van der Waals surface area (Å²) in [6.45, 7) is 2.25. The molecule has 1 heterocycles. The van der Waals surface area contributed by atoms with Crippen LogP contribution in [0, 0.1) is 11.5 Å². The van der Waals surface area contributed by atoms with Gasteiger partial charge in [0, 0.05) is 31.1 Å². The third kappa shape index (κ3) is 4.40. The molecule has 0 bridgehead atoms. The van der Waals surface area contributed by atoms with Crippen molar-refractivity contribution >= 4 is 11.9 Å². The van der Waals surface area contributed by atoms with Crippen molar-refractivity contribution in [1.82, 2.24) is 15.5 Å². The minimum atomic E-state index is -0.130. The van der Waals surface area contributed by atoms with Crippen molar-refractivity contribution in [2.45, 2.75) is 37.1 Å². The third-order valence-electron chi connectivity index (χ3n) is 6.74. The van der Waals surface area contributed by atoms with E-state index >= 15 is 0 Å². The fourth-order valence-corrected chi connectivity index (χ4v) is 5.01. The van der Waals surface area contributed by atoms with Crippen LogP contribution in [-0.2, 0) is 5.41 Å². The average Bonchev–Trinajstić information content (AvgIpc) is 3.32. The molecule has 1 aliphatic carbocycles. The molecule has 2 aromatic carbocycles. The molecule has 1 saturated carbocycles. The number of nitriles is 1. The van der Waals surface area contributed by atoms with Crippen molar-refractivity contribution in [2.75, 3.05) is 26.7 Å². The quantitative estimate of drug-likeness (QED) is 0.686. The molecule has 2 N–H and O–H groups in total. The highest BCUT2D eigenvalue weighted by Crippen LogP contribution is 2.41. The van der Waals surface area contributed by atoms with Crippen molar-refractivity contribution in [2.24, 2.45) is 4.99 Å². The highest BCUT2D eigenvalue weighted by molar-refractivity contribution is 5.97. The second kappa shape index (κ2) is 9.73. The zero-order valence-electron chi connectivity index (χ0n) is 18.4. The molecule has 0 spiro atoms. The number of methoxy groups -OCH3 is 1. The molecule has 0 unspecified atom stereocenters. The van der Waals surface area contributed by atoms with E-state index in [4.69, 9.17) is 10.00 Å². The number of nitrogens with one attached hydrogen (secondary N) is 2. The largest absolute Gasteiger partial charge is 0.496 e. The van der Waals surface area contributed by atoms with Gasteiger partial charge in [0.15, 0.2) is 0 Å². The SMILES string of the molecule is COc1ccccc1C(=O)NC[C@]1(c2ccccc2)CC[C@@H](N2CCN/C2=N\C#N)CC1. The minimum Gasteiger partial charge on any atom is -0.496 e. The molecular formula is C25H29N5O2. The van der Waals surface area contributed by atoms with E-state index in [0.717, 1.165) is 38.8 Å². The van der Waals surface area contributed by atoms with Gasteiger partial charge in [-0.1, -0.05) is 42.5 Å². The Morgan fingerprint density at radius 2 is 1.94 bits per heavy atom. The monoisotopic (exact) mass is 431 g/mol. The maximum Gasteiger partial charge on any atom is 0.255 e. The molecular weight excluding hydrogens is 402 g/mol. The maximum atomic E-state index is 13.0. The zero-order valence-corrected chi connectivity index (χ0v) is 18.4. The number of aliphatic imine (C=N–C) groups is 1. The van der Waals surface area contributed by atoms with Crippen LogP contribution in [0.2, 0.25) is 0 Å². The summed E-state index contributed by atoms with van der Waals surface area (Å²) in [6, 6.07) is 18.1. The third-order valence-corrected chi connectivity index (χ3v) is 6.74. The van der Waals surface area contributed by atoms with E-state index in [-0.39, 0.29) is 11.3 Å². The summed E-state index contributed by atoms with van der Waals surface area (Å²) in [6.07, 6.45) is 5.76. The smallest absolute Gasteiger partial charge is 0.255 e. The van der Waals surface area contributed by atoms with Gasteiger partial charge in [-0.25, -0.2) is 0 Å². The lowest BCUT2D eigenvalue weighted by molar-refractivity contribution is 0.0927. The van der Waals surface area contributed by atoms with Gasteiger partial charge in [0.05, 0.1) is 12.7 Å². The normalized spacial score (nSPS) is 23.9. The molecule has 7 nitrogen and oxygen atoms in total. The number of amides is 1. The van der Waals surface area contributed by atoms with Crippen molar-refractivity contribution < 1.29 is 9.53 Å². The van der Waals surface area contributed by atoms with Crippen LogP contribution < -0.4 is 15.4 Å². The molecule has 32 heavy (non-hydrogen) atoms. The summed E-state index contributed by atoms with van der Waals surface area (Å²) < 4.78 is 5.36. The number of carbonyl (C=O) groups is 1. The molecule has 1 saturated heterocycles. The molecule has 2 fully saturated rings. The molecule has 2 aromatic rings. The number of benzene rings is 2. The molecule has 7 heteroatoms. The van der Waals surface area contributed by atoms with E-state index in [9.17, 15) is 4.79 Å². The predicted octanol–water partition coefficient (Wildman–Crippen LogP) is 3.05. The lowest BCUT2D eigenvalue weighted by Gasteiger charge is -2.43. The Kier molecular flexibility index (Phi) is 6.60. The fourth-order valence-electron chi connectivity index (χ4n) is 5.01. The van der Waals surface area contributed by atoms with Gasteiger partial charge >= 0.3 is 0 Å². The summed E-state index contributed by atoms with van der Waals surface area (Å²) in [5.41, 5.74) is 1.67. The van der Waals surface area contributed by atoms with Crippen molar-refractivity contribution in [3.63, 3.8) is 0 Å². The van der Waals surface area contributed by atoms with Crippen molar-refractivity contribution in [1.29, 1.82) is 5.26 Å². The average molecular weight is 432 g/mol. The Morgan fingerprint density at radius 1 is 1.22 bits per heavy atom. The Morgan fingerprint density at radius 3 is 2.66 bits per heavy atom. The standard InChI is InChI=1S/C25H29N5O2/c1-32-22-10-6-5-9-21(22)23(31)28-17-25(19-7-3-2-4-8-19)13-11-20(12-14-25)30-16-15-27-24(30)29-18-26/h2-10,20H,11-17H2,1H3,(H,27,29)(H,28,31)/t20-,25+. The maximum absolute atomic E-state index is 13.0. The number of guanidine groups is 1. The van der Waals surface area contributed by atoms with Gasteiger partial charge in [-0.2, -0.15) is 5.26 Å². The Bertz CT molecular complexity index is 1010. The van der Waals surface area contributed by atoms with Crippen molar-refractivity contribution in [3.05, 3.63) is 65.7 Å². The van der Waals surface area contributed by atoms with Gasteiger partial charge in [-0.3, -0.25) is 4.79 Å². The lowest BCUT2D eigenvalue weighted by atomic mass is 9.68. The lowest BCUT2D eigenvalue weighted by Crippen LogP contribution is -2.48. The molecule has 0 atom stereocenters. The molecule has 1 amide bonds. The second-order valence-corrected chi connectivity index (χ2v) is 8.42. The highest BCUT2D eigenvalue weighted by atomic mass is 16.5. The zero-order chi connectivity index (χ0) is 22.4. The number of nitrogens with zero attached hydrogens (tertiary/aromatic N) is 3. The number of rotatable bonds is 6. The number of para-hydroxylation sites is 1. The van der Waals surface area contributed by atoms with Crippen molar-refractivity contribution in [3.8, 4) is 11.9 Å². The van der Waals surface area contributed by atoms with E-state index in [1.54, 1.807) is 19.2 Å². The first-order chi connectivity index (χ1) is 15.7. The van der Waals surface area contributed by atoms with Gasteiger partial charge in [0.1, 0.15) is 5.75 Å². The topological polar surface area (TPSA) is 89.8 Å². The van der Waals surface area contributed by atoms with Crippen LogP contribution in [0.4, 0.5) is 0 Å². The summed E-state index contributed by atoms with van der Waals surface area (Å²) in [4.78, 5) is 19.2. The van der Waals surface area contributed by atoms with Gasteiger partial charge in [0.2, 0.25) is 12.2 Å². The first-order valence-electron chi connectivity index (χ1n) is 11.1. The molecule has 0 aromatic heterocycles. The Labute approximate surface area is 189 Å². The number of ether oxygens (including phenoxy) is 1. The second-order valence-electron chi connectivity index (χ2n) is 8.42. The van der Waals surface area contributed by atoms with E-state index in [1.807, 2.05) is 24.4 Å². The first kappa shape index (κ1) is 21.7. The van der Waals surface area contributed by atoms with Crippen LogP contribution in [0.1, 0.15) is 41.6 Å². The molecule has 166 valence electrons. The minimum absolute atomic E-state index is 0.118. The first-order valence-corrected chi connectivity index (χ1v) is 11.1. The van der Waals surface area contributed by atoms with Crippen LogP contribution in [0.3, 0.4) is 0 Å². The van der Waals surface area contributed by atoms with E-state index in [1.165, 1.54) is 5.56 Å². The summed E-state index contributed by atoms with van der Waals surface area (Å²) >= 11 is 0. The van der Waals surface area contributed by atoms with Gasteiger partial charge < -0.3 is 20.3 Å². The van der Waals surface area contributed by atoms with Gasteiger partial charge in [0.25, 0.3) is 5.91 Å². The van der Waals surface area contributed by atoms with E-state index < -0.39 is 0 Å². The molecule has 1 aliphatic heterocycles. The molecule has 0 radical (unpaired) electrons. The highest BCUT2D eigenvalue weighted by Gasteiger charge is 2.40. The predicted molar refractivity (Wildman–Crippen MR) is 123 cm³/mol. The summed E-state index contributed by atoms with van der Waals surface area (Å²) in [7, 11) is 1.58.